The number of aliphatic carboxylic acids is 1. The van der Waals surface area contributed by atoms with Crippen molar-refractivity contribution >= 4 is 41.2 Å². The number of carbonyl (C=O) groups excluding carboxylic acids is 3. The van der Waals surface area contributed by atoms with Gasteiger partial charge in [-0.3, -0.25) is 25.1 Å². The summed E-state index contributed by atoms with van der Waals surface area (Å²) in [7, 11) is 0. The number of pyridine rings is 1. The van der Waals surface area contributed by atoms with Crippen LogP contribution in [0.25, 0.3) is 0 Å². The third kappa shape index (κ3) is 5.33. The van der Waals surface area contributed by atoms with E-state index in [2.05, 4.69) is 25.9 Å². The minimum Gasteiger partial charge on any atom is -0.480 e. The summed E-state index contributed by atoms with van der Waals surface area (Å²) in [6.07, 6.45) is 0.599. The summed E-state index contributed by atoms with van der Waals surface area (Å²) in [4.78, 5) is 54.4. The Hall–Kier alpha value is -3.90. The Morgan fingerprint density at radius 1 is 1.40 bits per heavy atom. The molecule has 0 bridgehead atoms. The van der Waals surface area contributed by atoms with Crippen molar-refractivity contribution < 1.29 is 28.7 Å². The van der Waals surface area contributed by atoms with Gasteiger partial charge in [0.25, 0.3) is 5.91 Å². The number of carboxylic acids is 1. The molecule has 1 aromatic rings. The maximum Gasteiger partial charge on any atom is 0.326 e. The molecular formula is C17H20FN7O5. The second-order valence-electron chi connectivity index (χ2n) is 6.77. The van der Waals surface area contributed by atoms with Crippen molar-refractivity contribution in [1.82, 2.24) is 15.6 Å². The summed E-state index contributed by atoms with van der Waals surface area (Å²) < 4.78 is 14.3. The Bertz CT molecular complexity index is 946. The molecule has 1 aromatic heterocycles. The van der Waals surface area contributed by atoms with Gasteiger partial charge in [0, 0.05) is 12.5 Å². The predicted octanol–water partition coefficient (Wildman–Crippen LogP) is -0.574. The summed E-state index contributed by atoms with van der Waals surface area (Å²) in [5, 5.41) is 23.0. The van der Waals surface area contributed by atoms with Gasteiger partial charge in [0.05, 0.1) is 11.9 Å². The molecule has 3 amide bonds. The minimum atomic E-state index is -1.27. The van der Waals surface area contributed by atoms with Crippen LogP contribution >= 0.6 is 0 Å². The molecule has 12 nitrogen and oxygen atoms in total. The Labute approximate surface area is 169 Å². The molecule has 2 heterocycles. The number of nitrogens with two attached hydrogens (primary N) is 1. The van der Waals surface area contributed by atoms with Crippen molar-refractivity contribution in [2.24, 2.45) is 22.6 Å². The van der Waals surface area contributed by atoms with Crippen LogP contribution in [0.15, 0.2) is 17.3 Å². The van der Waals surface area contributed by atoms with Crippen LogP contribution in [-0.2, 0) is 14.4 Å². The van der Waals surface area contributed by atoms with Gasteiger partial charge in [-0.15, -0.1) is 0 Å². The standard InChI is InChI=1S/C17H20FN7O5/c1-6(2)11(16(29)30)23-15(28)12-9(18)3-7(5-21-12)22-10(26)4-8-13(19)24-17(20)25-14(8)27/h3,5-6,8,11H,4H2,1-2H3,(H,22,26)(H,23,28)(H,29,30)(H4,19,20,24,25,27)/t8?,11-/m0/s1. The number of rotatable bonds is 7. The van der Waals surface area contributed by atoms with Gasteiger partial charge in [0.15, 0.2) is 11.5 Å². The average Bonchev–Trinajstić information content (AvgIpc) is 2.62. The zero-order chi connectivity index (χ0) is 22.6. The molecule has 0 spiro atoms. The fourth-order valence-corrected chi connectivity index (χ4v) is 2.56. The molecule has 2 rings (SSSR count). The number of hydrogen-bond donors (Lipinski definition) is 6. The van der Waals surface area contributed by atoms with Gasteiger partial charge >= 0.3 is 5.97 Å². The molecule has 0 fully saturated rings. The maximum absolute atomic E-state index is 14.3. The fraction of sp³-hybridized carbons (Fsp3) is 0.353. The first-order valence-corrected chi connectivity index (χ1v) is 8.72. The lowest BCUT2D eigenvalue weighted by Crippen LogP contribution is -2.47. The van der Waals surface area contributed by atoms with Gasteiger partial charge in [-0.1, -0.05) is 13.8 Å². The Morgan fingerprint density at radius 2 is 2.07 bits per heavy atom. The highest BCUT2D eigenvalue weighted by atomic mass is 19.1. The zero-order valence-corrected chi connectivity index (χ0v) is 16.0. The van der Waals surface area contributed by atoms with Crippen molar-refractivity contribution in [2.75, 3.05) is 5.32 Å². The van der Waals surface area contributed by atoms with E-state index < -0.39 is 65.5 Å². The number of nitrogens with one attached hydrogen (secondary N) is 4. The van der Waals surface area contributed by atoms with Crippen molar-refractivity contribution in [3.05, 3.63) is 23.8 Å². The lowest BCUT2D eigenvalue weighted by molar-refractivity contribution is -0.140. The fourth-order valence-electron chi connectivity index (χ4n) is 2.56. The number of guanidine groups is 1. The van der Waals surface area contributed by atoms with Gasteiger partial charge in [-0.2, -0.15) is 4.99 Å². The SMILES string of the molecule is CC(C)[C@H](NC(=O)c1ncc(NC(=O)CC2C(=O)NC(=N)N=C2N)cc1F)C(=O)O. The highest BCUT2D eigenvalue weighted by molar-refractivity contribution is 6.17. The van der Waals surface area contributed by atoms with Crippen LogP contribution in [0.1, 0.15) is 30.8 Å². The van der Waals surface area contributed by atoms with Gasteiger partial charge in [-0.25, -0.2) is 14.2 Å². The number of aliphatic imine (C=N–C) groups is 1. The van der Waals surface area contributed by atoms with E-state index in [9.17, 15) is 23.6 Å². The second kappa shape index (κ2) is 9.07. The molecule has 160 valence electrons. The molecule has 0 saturated carbocycles. The van der Waals surface area contributed by atoms with Crippen LogP contribution in [0, 0.1) is 23.1 Å². The van der Waals surface area contributed by atoms with Gasteiger partial charge in [0.1, 0.15) is 17.8 Å². The highest BCUT2D eigenvalue weighted by Crippen LogP contribution is 2.15. The molecule has 7 N–H and O–H groups in total. The first-order valence-electron chi connectivity index (χ1n) is 8.72. The monoisotopic (exact) mass is 421 g/mol. The smallest absolute Gasteiger partial charge is 0.326 e. The molecular weight excluding hydrogens is 401 g/mol. The molecule has 2 atom stereocenters. The lowest BCUT2D eigenvalue weighted by atomic mass is 10.0. The van der Waals surface area contributed by atoms with E-state index in [-0.39, 0.29) is 11.5 Å². The first kappa shape index (κ1) is 22.4. The van der Waals surface area contributed by atoms with E-state index in [1.54, 1.807) is 13.8 Å². The Balaban J connectivity index is 2.06. The molecule has 1 aliphatic heterocycles. The molecule has 1 aliphatic rings. The number of amides is 3. The number of anilines is 1. The normalized spacial score (nSPS) is 17.1. The van der Waals surface area contributed by atoms with E-state index in [1.807, 2.05) is 0 Å². The number of hydrogen-bond acceptors (Lipinski definition) is 7. The van der Waals surface area contributed by atoms with E-state index in [0.29, 0.717) is 0 Å². The second-order valence-corrected chi connectivity index (χ2v) is 6.77. The number of nitrogens with zero attached hydrogens (tertiary/aromatic N) is 2. The van der Waals surface area contributed by atoms with Crippen LogP contribution in [0.5, 0.6) is 0 Å². The van der Waals surface area contributed by atoms with Crippen LogP contribution in [-0.4, -0.2) is 51.6 Å². The van der Waals surface area contributed by atoms with Crippen LogP contribution in [0.2, 0.25) is 0 Å². The Kier molecular flexibility index (Phi) is 6.77. The molecule has 13 heteroatoms. The quantitative estimate of drug-likeness (QED) is 0.338. The van der Waals surface area contributed by atoms with Crippen LogP contribution in [0.3, 0.4) is 0 Å². The number of amidine groups is 1. The summed E-state index contributed by atoms with van der Waals surface area (Å²) >= 11 is 0. The third-order valence-electron chi connectivity index (χ3n) is 4.10. The predicted molar refractivity (Wildman–Crippen MR) is 102 cm³/mol. The minimum absolute atomic E-state index is 0.0906. The summed E-state index contributed by atoms with van der Waals surface area (Å²) in [5.41, 5.74) is 4.84. The Morgan fingerprint density at radius 3 is 2.60 bits per heavy atom. The van der Waals surface area contributed by atoms with Gasteiger partial charge < -0.3 is 21.5 Å². The van der Waals surface area contributed by atoms with E-state index >= 15 is 0 Å². The summed E-state index contributed by atoms with van der Waals surface area (Å²) in [5.74, 6) is -6.91. The molecule has 30 heavy (non-hydrogen) atoms. The van der Waals surface area contributed by atoms with E-state index in [1.165, 1.54) is 0 Å². The molecule has 1 unspecified atom stereocenters. The van der Waals surface area contributed by atoms with Crippen molar-refractivity contribution in [2.45, 2.75) is 26.3 Å². The number of carbonyl (C=O) groups is 4. The summed E-state index contributed by atoms with van der Waals surface area (Å²) in [6, 6.07) is -0.396. The number of carboxylic acid groups (broad SMARTS) is 1. The largest absolute Gasteiger partial charge is 0.480 e. The number of aromatic nitrogens is 1. The van der Waals surface area contributed by atoms with Gasteiger partial charge in [-0.05, 0) is 5.92 Å². The molecule has 0 aromatic carbocycles. The topological polar surface area (TPSA) is 200 Å². The van der Waals surface area contributed by atoms with Crippen LogP contribution < -0.4 is 21.7 Å². The zero-order valence-electron chi connectivity index (χ0n) is 16.0. The average molecular weight is 421 g/mol. The number of halogens is 1. The van der Waals surface area contributed by atoms with Crippen molar-refractivity contribution in [3.8, 4) is 0 Å². The molecule has 0 aliphatic carbocycles. The third-order valence-corrected chi connectivity index (χ3v) is 4.10. The summed E-state index contributed by atoms with van der Waals surface area (Å²) in [6.45, 7) is 3.16. The highest BCUT2D eigenvalue weighted by Gasteiger charge is 2.30. The van der Waals surface area contributed by atoms with Crippen molar-refractivity contribution in [1.29, 1.82) is 5.41 Å². The maximum atomic E-state index is 14.3. The lowest BCUT2D eigenvalue weighted by Gasteiger charge is -2.20. The molecule has 0 radical (unpaired) electrons. The van der Waals surface area contributed by atoms with E-state index in [0.717, 1.165) is 12.3 Å². The van der Waals surface area contributed by atoms with Gasteiger partial charge in [0.2, 0.25) is 17.8 Å². The van der Waals surface area contributed by atoms with Crippen molar-refractivity contribution in [3.63, 3.8) is 0 Å². The molecule has 0 saturated heterocycles. The first-order chi connectivity index (χ1) is 14.0. The van der Waals surface area contributed by atoms with E-state index in [4.69, 9.17) is 16.2 Å². The van der Waals surface area contributed by atoms with Crippen LogP contribution in [0.4, 0.5) is 10.1 Å².